The summed E-state index contributed by atoms with van der Waals surface area (Å²) in [4.78, 5) is 87.2. The highest BCUT2D eigenvalue weighted by Crippen LogP contribution is 2.40. The highest BCUT2D eigenvalue weighted by Gasteiger charge is 2.47. The van der Waals surface area contributed by atoms with E-state index in [1.54, 1.807) is 4.90 Å². The van der Waals surface area contributed by atoms with Crippen LogP contribution in [0, 0.1) is 11.7 Å². The predicted octanol–water partition coefficient (Wildman–Crippen LogP) is 4.00. The summed E-state index contributed by atoms with van der Waals surface area (Å²) in [6, 6.07) is 18.6. The number of carbonyl (C=O) groups is 6. The molecule has 4 saturated heterocycles. The van der Waals surface area contributed by atoms with Crippen LogP contribution in [0.5, 0.6) is 0 Å². The minimum atomic E-state index is -1.10. The number of aromatic amines is 1. The topological polar surface area (TPSA) is 181 Å². The van der Waals surface area contributed by atoms with Crippen LogP contribution in [0.15, 0.2) is 66.7 Å². The number of aromatic nitrogens is 2. The first-order valence-electron chi connectivity index (χ1n) is 21.7. The Labute approximate surface area is 362 Å². The second kappa shape index (κ2) is 16.3. The first kappa shape index (κ1) is 40.6. The number of amides is 6. The predicted molar refractivity (Wildman–Crippen MR) is 227 cm³/mol. The molecule has 4 aromatic rings. The Kier molecular flexibility index (Phi) is 10.5. The van der Waals surface area contributed by atoms with Crippen molar-refractivity contribution >= 4 is 52.6 Å². The van der Waals surface area contributed by atoms with E-state index in [9.17, 15) is 28.8 Å². The average Bonchev–Trinajstić information content (AvgIpc) is 4.01. The van der Waals surface area contributed by atoms with Gasteiger partial charge in [-0.3, -0.25) is 49.0 Å². The van der Waals surface area contributed by atoms with Crippen LogP contribution in [-0.2, 0) is 32.2 Å². The summed E-state index contributed by atoms with van der Waals surface area (Å²) >= 11 is 0. The fourth-order valence-electron chi connectivity index (χ4n) is 10.5. The number of H-pyrrole nitrogens is 1. The molecule has 6 aliphatic rings. The zero-order valence-corrected chi connectivity index (χ0v) is 34.8. The van der Waals surface area contributed by atoms with Gasteiger partial charge < -0.3 is 24.8 Å². The van der Waals surface area contributed by atoms with E-state index in [2.05, 4.69) is 35.5 Å². The van der Waals surface area contributed by atoms with E-state index in [-0.39, 0.29) is 47.9 Å². The van der Waals surface area contributed by atoms with E-state index in [1.807, 2.05) is 54.6 Å². The monoisotopic (exact) mass is 857 g/mol. The molecule has 0 radical (unpaired) electrons. The van der Waals surface area contributed by atoms with Crippen molar-refractivity contribution < 1.29 is 37.9 Å². The third-order valence-electron chi connectivity index (χ3n) is 13.7. The van der Waals surface area contributed by atoms with Crippen LogP contribution in [0.25, 0.3) is 0 Å². The lowest BCUT2D eigenvalue weighted by atomic mass is 9.95. The molecule has 3 N–H and O–H groups in total. The molecule has 6 amide bonds. The Bertz CT molecular complexity index is 2490. The smallest absolute Gasteiger partial charge is 0.262 e. The molecule has 0 saturated carbocycles. The number of ether oxygens (including phenoxy) is 1. The number of imide groups is 2. The number of methoxy groups -OCH3 is 1. The number of nitrogens with zero attached hydrogens (tertiary/aromatic N) is 6. The molecule has 7 heterocycles. The van der Waals surface area contributed by atoms with Crippen LogP contribution in [0.3, 0.4) is 0 Å². The number of nitrogens with one attached hydrogen (secondary N) is 3. The van der Waals surface area contributed by atoms with Gasteiger partial charge in [-0.25, -0.2) is 4.39 Å². The van der Waals surface area contributed by atoms with E-state index in [1.165, 1.54) is 13.2 Å². The van der Waals surface area contributed by atoms with Gasteiger partial charge in [0, 0.05) is 75.2 Å². The number of anilines is 3. The van der Waals surface area contributed by atoms with Gasteiger partial charge in [0.2, 0.25) is 11.8 Å². The third-order valence-corrected chi connectivity index (χ3v) is 13.7. The van der Waals surface area contributed by atoms with Gasteiger partial charge in [0.05, 0.1) is 35.6 Å². The molecule has 16 nitrogen and oxygen atoms in total. The summed E-state index contributed by atoms with van der Waals surface area (Å²) in [5.74, 6) is -2.60. The Morgan fingerprint density at radius 3 is 2.27 bits per heavy atom. The van der Waals surface area contributed by atoms with E-state index >= 15 is 4.39 Å². The second-order valence-electron chi connectivity index (χ2n) is 17.5. The molecule has 0 aliphatic carbocycles. The van der Waals surface area contributed by atoms with Crippen LogP contribution >= 0.6 is 0 Å². The zero-order chi connectivity index (χ0) is 43.5. The molecule has 6 aliphatic heterocycles. The van der Waals surface area contributed by atoms with Crippen LogP contribution in [0.2, 0.25) is 0 Å². The number of fused-ring (bicyclic) bond motifs is 4. The minimum Gasteiger partial charge on any atom is -0.372 e. The van der Waals surface area contributed by atoms with Gasteiger partial charge in [-0.05, 0) is 80.0 Å². The Morgan fingerprint density at radius 1 is 0.889 bits per heavy atom. The molecular weight excluding hydrogens is 810 g/mol. The molecule has 0 spiro atoms. The highest BCUT2D eigenvalue weighted by atomic mass is 19.1. The van der Waals surface area contributed by atoms with Crippen molar-refractivity contribution in [3.05, 3.63) is 106 Å². The Morgan fingerprint density at radius 2 is 1.59 bits per heavy atom. The molecule has 3 unspecified atom stereocenters. The molecule has 3 aromatic carbocycles. The van der Waals surface area contributed by atoms with Gasteiger partial charge in [-0.2, -0.15) is 5.10 Å². The summed E-state index contributed by atoms with van der Waals surface area (Å²) in [5, 5.41) is 12.4. The number of hydrogen-bond acceptors (Lipinski definition) is 11. The van der Waals surface area contributed by atoms with Crippen molar-refractivity contribution in [3.63, 3.8) is 0 Å². The lowest BCUT2D eigenvalue weighted by Gasteiger charge is -2.44. The Balaban J connectivity index is 0.711. The molecule has 1 aromatic heterocycles. The van der Waals surface area contributed by atoms with Crippen molar-refractivity contribution in [2.24, 2.45) is 5.92 Å². The molecule has 4 fully saturated rings. The third kappa shape index (κ3) is 7.41. The van der Waals surface area contributed by atoms with Crippen molar-refractivity contribution in [1.29, 1.82) is 0 Å². The highest BCUT2D eigenvalue weighted by molar-refractivity contribution is 6.23. The number of piperidine rings is 2. The molecule has 10 rings (SSSR count). The average molecular weight is 858 g/mol. The van der Waals surface area contributed by atoms with Gasteiger partial charge in [0.25, 0.3) is 23.6 Å². The summed E-state index contributed by atoms with van der Waals surface area (Å²) in [5.41, 5.74) is 4.24. The molecule has 17 heteroatoms. The van der Waals surface area contributed by atoms with Gasteiger partial charge in [0.15, 0.2) is 11.9 Å². The first-order chi connectivity index (χ1) is 30.5. The maximum atomic E-state index is 15.8. The number of benzene rings is 3. The van der Waals surface area contributed by atoms with E-state index < -0.39 is 41.6 Å². The van der Waals surface area contributed by atoms with Crippen LogP contribution in [0.4, 0.5) is 21.6 Å². The molecular formula is C46H48FN9O7. The molecule has 2 bridgehead atoms. The van der Waals surface area contributed by atoms with Crippen molar-refractivity contribution in [2.45, 2.75) is 75.8 Å². The SMILES string of the molecule is CO[C@@H](C(=O)N1Cc2[nH]nc(NC(=O)c3ccc(N4CCC(CN5CC6CCC(C5)N6c5cc6c(cc5F)C(=O)N(C5CCC(=O)NC5=O)C6=O)CC4)cc3)c2C1)c1ccccc1. The standard InChI is InChI=1S/C46H48FN9O7/c1-63-40(27-5-3-2-4-6-27)46(62)54-24-34-36(25-54)50-51-41(34)49-42(58)28-7-9-29(10-8-28)53-17-15-26(16-18-53)21-52-22-30-11-12-31(23-52)55(30)38-20-33-32(19-35(38)47)44(60)56(45(33)61)37-13-14-39(57)48-43(37)59/h2-10,19-20,26,30-31,37,40H,11-18,21-25H2,1H3,(H,48,57,59)(H2,49,50,51,58)/t30?,31?,37?,40-/m1/s1. The lowest BCUT2D eigenvalue weighted by Crippen LogP contribution is -2.55. The number of carbonyl (C=O) groups excluding carboxylic acids is 6. The largest absolute Gasteiger partial charge is 0.372 e. The van der Waals surface area contributed by atoms with Gasteiger partial charge in [-0.15, -0.1) is 0 Å². The lowest BCUT2D eigenvalue weighted by molar-refractivity contribution is -0.143. The van der Waals surface area contributed by atoms with Gasteiger partial charge in [-0.1, -0.05) is 30.3 Å². The summed E-state index contributed by atoms with van der Waals surface area (Å²) in [6.45, 7) is 4.90. The summed E-state index contributed by atoms with van der Waals surface area (Å²) < 4.78 is 21.4. The maximum absolute atomic E-state index is 15.8. The second-order valence-corrected chi connectivity index (χ2v) is 17.5. The van der Waals surface area contributed by atoms with Crippen molar-refractivity contribution in [2.75, 3.05) is 55.0 Å². The quantitative estimate of drug-likeness (QED) is 0.196. The molecule has 63 heavy (non-hydrogen) atoms. The number of likely N-dealkylation sites (tertiary alicyclic amines) is 1. The van der Waals surface area contributed by atoms with E-state index in [0.717, 1.165) is 91.9 Å². The van der Waals surface area contributed by atoms with Crippen molar-refractivity contribution in [1.82, 2.24) is 30.2 Å². The first-order valence-corrected chi connectivity index (χ1v) is 21.7. The number of halogens is 1. The molecule has 4 atom stereocenters. The van der Waals surface area contributed by atoms with Gasteiger partial charge >= 0.3 is 0 Å². The summed E-state index contributed by atoms with van der Waals surface area (Å²) in [7, 11) is 1.52. The van der Waals surface area contributed by atoms with Crippen LogP contribution in [0.1, 0.15) is 92.5 Å². The van der Waals surface area contributed by atoms with E-state index in [0.29, 0.717) is 36.1 Å². The number of rotatable bonds is 10. The number of piperazine rings is 1. The van der Waals surface area contributed by atoms with E-state index in [4.69, 9.17) is 4.74 Å². The zero-order valence-electron chi connectivity index (χ0n) is 34.8. The normalized spacial score (nSPS) is 23.0. The fourth-order valence-corrected chi connectivity index (χ4v) is 10.5. The van der Waals surface area contributed by atoms with Crippen LogP contribution in [-0.4, -0.2) is 118 Å². The minimum absolute atomic E-state index is 0.0156. The Hall–Kier alpha value is -6.46. The van der Waals surface area contributed by atoms with Crippen molar-refractivity contribution in [3.8, 4) is 0 Å². The number of hydrogen-bond donors (Lipinski definition) is 3. The maximum Gasteiger partial charge on any atom is 0.262 e. The van der Waals surface area contributed by atoms with Crippen LogP contribution < -0.4 is 20.4 Å². The molecule has 326 valence electrons. The summed E-state index contributed by atoms with van der Waals surface area (Å²) in [6.07, 6.45) is 3.14. The fraction of sp³-hybridized carbons (Fsp3) is 0.413. The van der Waals surface area contributed by atoms with Gasteiger partial charge in [0.1, 0.15) is 11.9 Å².